The molecule has 0 fully saturated rings. The number of halogens is 2. The summed E-state index contributed by atoms with van der Waals surface area (Å²) < 4.78 is 9.23. The highest BCUT2D eigenvalue weighted by Gasteiger charge is 2.31. The lowest BCUT2D eigenvalue weighted by molar-refractivity contribution is -0.139. The molecule has 6 heteroatoms. The molecule has 0 aromatic rings. The lowest BCUT2D eigenvalue weighted by Crippen LogP contribution is -2.38. The van der Waals surface area contributed by atoms with E-state index in [-0.39, 0.29) is 0 Å². The third kappa shape index (κ3) is 3.06. The summed E-state index contributed by atoms with van der Waals surface area (Å²) in [4.78, 5) is 21.3. The highest BCUT2D eigenvalue weighted by atomic mass is 35.5. The lowest BCUT2D eigenvalue weighted by Gasteiger charge is -2.17. The van der Waals surface area contributed by atoms with Crippen molar-refractivity contribution in [3.05, 3.63) is 0 Å². The van der Waals surface area contributed by atoms with Gasteiger partial charge in [0, 0.05) is 14.2 Å². The first-order chi connectivity index (χ1) is 5.54. The van der Waals surface area contributed by atoms with E-state index in [0.717, 1.165) is 0 Å². The van der Waals surface area contributed by atoms with Crippen LogP contribution >= 0.6 is 23.2 Å². The first-order valence-corrected chi connectivity index (χ1v) is 3.74. The van der Waals surface area contributed by atoms with E-state index < -0.39 is 22.7 Å². The highest BCUT2D eigenvalue weighted by molar-refractivity contribution is 6.67. The summed E-state index contributed by atoms with van der Waals surface area (Å²) in [6.07, 6.45) is -2.30. The third-order valence-corrected chi connectivity index (χ3v) is 1.66. The lowest BCUT2D eigenvalue weighted by atomic mass is 10.2. The van der Waals surface area contributed by atoms with E-state index in [0.29, 0.717) is 0 Å². The Morgan fingerprint density at radius 3 is 1.33 bits per heavy atom. The molecule has 0 saturated carbocycles. The third-order valence-electron chi connectivity index (χ3n) is 1.23. The largest absolute Gasteiger partial charge is 0.369 e. The van der Waals surface area contributed by atoms with Crippen LogP contribution in [0.4, 0.5) is 0 Å². The zero-order valence-corrected chi connectivity index (χ0v) is 8.06. The number of hydrogen-bond donors (Lipinski definition) is 0. The minimum Gasteiger partial charge on any atom is -0.369 e. The van der Waals surface area contributed by atoms with Crippen molar-refractivity contribution < 1.29 is 19.1 Å². The van der Waals surface area contributed by atoms with E-state index in [4.69, 9.17) is 23.2 Å². The minimum atomic E-state index is -1.15. The Morgan fingerprint density at radius 2 is 1.25 bits per heavy atom. The van der Waals surface area contributed by atoms with Gasteiger partial charge in [-0.2, -0.15) is 0 Å². The van der Waals surface area contributed by atoms with Gasteiger partial charge in [0.15, 0.2) is 12.2 Å². The Morgan fingerprint density at radius 1 is 1.00 bits per heavy atom. The maximum Gasteiger partial charge on any atom is 0.253 e. The van der Waals surface area contributed by atoms with Crippen molar-refractivity contribution in [1.82, 2.24) is 0 Å². The normalized spacial score (nSPS) is 15.3. The van der Waals surface area contributed by atoms with Gasteiger partial charge >= 0.3 is 0 Å². The zero-order chi connectivity index (χ0) is 9.72. The van der Waals surface area contributed by atoms with Gasteiger partial charge in [-0.15, -0.1) is 0 Å². The molecule has 0 amide bonds. The Kier molecular flexibility index (Phi) is 5.41. The van der Waals surface area contributed by atoms with Gasteiger partial charge in [0.25, 0.3) is 10.5 Å². The van der Waals surface area contributed by atoms with E-state index >= 15 is 0 Å². The molecule has 0 aliphatic heterocycles. The van der Waals surface area contributed by atoms with E-state index in [1.165, 1.54) is 14.2 Å². The molecule has 0 aromatic carbocycles. The molecule has 0 radical (unpaired) electrons. The molecule has 0 heterocycles. The number of ether oxygens (including phenoxy) is 2. The molecule has 0 bridgehead atoms. The average molecular weight is 215 g/mol. The van der Waals surface area contributed by atoms with Gasteiger partial charge in [-0.05, 0) is 23.2 Å². The number of rotatable bonds is 5. The predicted octanol–water partition coefficient (Wildman–Crippen LogP) is 0.547. The molecule has 0 aliphatic carbocycles. The number of hydrogen-bond acceptors (Lipinski definition) is 4. The van der Waals surface area contributed by atoms with Crippen molar-refractivity contribution in [1.29, 1.82) is 0 Å². The molecule has 70 valence electrons. The molecule has 2 atom stereocenters. The van der Waals surface area contributed by atoms with Crippen LogP contribution in [0.3, 0.4) is 0 Å². The average Bonchev–Trinajstić information content (AvgIpc) is 1.98. The van der Waals surface area contributed by atoms with E-state index in [2.05, 4.69) is 9.47 Å². The molecule has 2 unspecified atom stereocenters. The van der Waals surface area contributed by atoms with Crippen LogP contribution in [0.2, 0.25) is 0 Å². The van der Waals surface area contributed by atoms with Crippen LogP contribution in [0.25, 0.3) is 0 Å². The van der Waals surface area contributed by atoms with E-state index in [9.17, 15) is 9.59 Å². The van der Waals surface area contributed by atoms with Crippen molar-refractivity contribution >= 4 is 33.7 Å². The van der Waals surface area contributed by atoms with Crippen LogP contribution in [0.15, 0.2) is 0 Å². The van der Waals surface area contributed by atoms with Crippen LogP contribution < -0.4 is 0 Å². The zero-order valence-electron chi connectivity index (χ0n) is 6.54. The molecule has 0 saturated heterocycles. The van der Waals surface area contributed by atoms with Crippen LogP contribution in [0, 0.1) is 0 Å². The van der Waals surface area contributed by atoms with Gasteiger partial charge in [-0.1, -0.05) is 0 Å². The summed E-state index contributed by atoms with van der Waals surface area (Å²) in [5.74, 6) is 0. The van der Waals surface area contributed by atoms with Crippen LogP contribution in [-0.4, -0.2) is 36.9 Å². The molecule has 0 aliphatic rings. The summed E-state index contributed by atoms with van der Waals surface area (Å²) in [5, 5.41) is -1.64. The minimum absolute atomic E-state index is 0.821. The Hall–Kier alpha value is -0.160. The molecule has 4 nitrogen and oxygen atoms in total. The number of carbonyl (C=O) groups is 2. The summed E-state index contributed by atoms with van der Waals surface area (Å²) >= 11 is 10.2. The van der Waals surface area contributed by atoms with Gasteiger partial charge in [-0.25, -0.2) is 0 Å². The predicted molar refractivity (Wildman–Crippen MR) is 43.3 cm³/mol. The SMILES string of the molecule is COC(C(=O)Cl)C(OC)C(=O)Cl. The maximum atomic E-state index is 10.6. The monoisotopic (exact) mass is 214 g/mol. The molecule has 0 spiro atoms. The quantitative estimate of drug-likeness (QED) is 0.628. The standard InChI is InChI=1S/C6H8Cl2O4/c1-11-3(5(7)9)4(12-2)6(8)10/h3-4H,1-2H3. The fourth-order valence-corrected chi connectivity index (χ4v) is 1.08. The van der Waals surface area contributed by atoms with Crippen LogP contribution in [0.1, 0.15) is 0 Å². The molecule has 0 N–H and O–H groups in total. The smallest absolute Gasteiger partial charge is 0.253 e. The van der Waals surface area contributed by atoms with Gasteiger partial charge < -0.3 is 9.47 Å². The molecule has 0 aromatic heterocycles. The Bertz CT molecular complexity index is 162. The van der Waals surface area contributed by atoms with E-state index in [1.54, 1.807) is 0 Å². The summed E-state index contributed by atoms with van der Waals surface area (Å²) in [7, 11) is 2.47. The van der Waals surface area contributed by atoms with Gasteiger partial charge in [0.2, 0.25) is 0 Å². The molecule has 12 heavy (non-hydrogen) atoms. The maximum absolute atomic E-state index is 10.6. The van der Waals surface area contributed by atoms with Crippen LogP contribution in [0.5, 0.6) is 0 Å². The number of methoxy groups -OCH3 is 2. The molecular formula is C6H8Cl2O4. The van der Waals surface area contributed by atoms with Crippen molar-refractivity contribution in [2.24, 2.45) is 0 Å². The Labute approximate surface area is 79.7 Å². The van der Waals surface area contributed by atoms with Crippen molar-refractivity contribution in [3.8, 4) is 0 Å². The number of carbonyl (C=O) groups excluding carboxylic acids is 2. The Balaban J connectivity index is 4.44. The topological polar surface area (TPSA) is 52.6 Å². The second-order valence-corrected chi connectivity index (χ2v) is 2.67. The summed E-state index contributed by atoms with van der Waals surface area (Å²) in [5.41, 5.74) is 0. The van der Waals surface area contributed by atoms with Crippen molar-refractivity contribution in [2.75, 3.05) is 14.2 Å². The second-order valence-electron chi connectivity index (χ2n) is 1.92. The summed E-state index contributed by atoms with van der Waals surface area (Å²) in [6.45, 7) is 0. The fourth-order valence-electron chi connectivity index (χ4n) is 0.671. The molecule has 0 rings (SSSR count). The second kappa shape index (κ2) is 5.48. The first kappa shape index (κ1) is 11.8. The van der Waals surface area contributed by atoms with Crippen molar-refractivity contribution in [2.45, 2.75) is 12.2 Å². The van der Waals surface area contributed by atoms with E-state index in [1.807, 2.05) is 0 Å². The van der Waals surface area contributed by atoms with Gasteiger partial charge in [0.05, 0.1) is 0 Å². The molecular weight excluding hydrogens is 207 g/mol. The van der Waals surface area contributed by atoms with Gasteiger partial charge in [-0.3, -0.25) is 9.59 Å². The van der Waals surface area contributed by atoms with Crippen LogP contribution in [-0.2, 0) is 19.1 Å². The van der Waals surface area contributed by atoms with Gasteiger partial charge in [0.1, 0.15) is 0 Å². The highest BCUT2D eigenvalue weighted by Crippen LogP contribution is 2.09. The first-order valence-electron chi connectivity index (χ1n) is 2.98. The van der Waals surface area contributed by atoms with Crippen molar-refractivity contribution in [3.63, 3.8) is 0 Å². The fraction of sp³-hybridized carbons (Fsp3) is 0.667. The summed E-state index contributed by atoms with van der Waals surface area (Å²) in [6, 6.07) is 0.